The van der Waals surface area contributed by atoms with Crippen molar-refractivity contribution < 1.29 is 4.79 Å². The van der Waals surface area contributed by atoms with Crippen molar-refractivity contribution in [2.45, 2.75) is 25.3 Å². The number of carbonyl (C=O) groups excluding carboxylic acids is 1. The van der Waals surface area contributed by atoms with Crippen LogP contribution in [-0.4, -0.2) is 16.7 Å². The Balaban J connectivity index is 1.85. The summed E-state index contributed by atoms with van der Waals surface area (Å²) in [5, 5.41) is 1.51. The molecule has 0 fully saturated rings. The normalized spacial score (nSPS) is 20.2. The molecule has 3 rings (SSSR count). The van der Waals surface area contributed by atoms with Crippen molar-refractivity contribution in [1.82, 2.24) is 0 Å². The fraction of sp³-hybridized carbons (Fsp3) is 0.263. The van der Waals surface area contributed by atoms with E-state index in [1.165, 1.54) is 0 Å². The molecule has 25 heavy (non-hydrogen) atoms. The number of Topliss-reactive ketones (excluding diaryl/α,β-unsaturated/α-hetero) is 1. The standard InChI is InChI=1S/C19H18Cl2N2OS/c1-19(7-8-25-18(22)23-19)13-4-2-3-12(9-13)10-17(24)15-6-5-14(20)11-16(15)21/h2-6,9,11H,7-8,10H2,1H3,(H2,22,23). The summed E-state index contributed by atoms with van der Waals surface area (Å²) in [6, 6.07) is 12.9. The van der Waals surface area contributed by atoms with E-state index in [4.69, 9.17) is 28.9 Å². The Kier molecular flexibility index (Phi) is 5.42. The molecule has 1 aliphatic rings. The summed E-state index contributed by atoms with van der Waals surface area (Å²) >= 11 is 13.6. The van der Waals surface area contributed by atoms with E-state index in [1.54, 1.807) is 30.0 Å². The largest absolute Gasteiger partial charge is 0.379 e. The van der Waals surface area contributed by atoms with E-state index in [1.807, 2.05) is 24.3 Å². The number of nitrogens with zero attached hydrogens (tertiary/aromatic N) is 1. The van der Waals surface area contributed by atoms with Gasteiger partial charge in [0.15, 0.2) is 11.0 Å². The van der Waals surface area contributed by atoms with Crippen molar-refractivity contribution in [3.63, 3.8) is 0 Å². The van der Waals surface area contributed by atoms with Gasteiger partial charge in [0.1, 0.15) is 0 Å². The van der Waals surface area contributed by atoms with Crippen LogP contribution in [0.15, 0.2) is 47.5 Å². The second kappa shape index (κ2) is 7.40. The Morgan fingerprint density at radius 3 is 2.80 bits per heavy atom. The molecule has 6 heteroatoms. The van der Waals surface area contributed by atoms with Crippen LogP contribution in [0, 0.1) is 0 Å². The zero-order valence-electron chi connectivity index (χ0n) is 13.8. The van der Waals surface area contributed by atoms with E-state index in [2.05, 4.69) is 11.9 Å². The first-order valence-corrected chi connectivity index (χ1v) is 9.67. The molecule has 2 aromatic rings. The van der Waals surface area contributed by atoms with Crippen molar-refractivity contribution in [1.29, 1.82) is 0 Å². The van der Waals surface area contributed by atoms with Gasteiger partial charge in [-0.2, -0.15) is 0 Å². The summed E-state index contributed by atoms with van der Waals surface area (Å²) < 4.78 is 0. The van der Waals surface area contributed by atoms with E-state index in [0.29, 0.717) is 20.8 Å². The topological polar surface area (TPSA) is 55.5 Å². The van der Waals surface area contributed by atoms with Gasteiger partial charge >= 0.3 is 0 Å². The number of rotatable bonds is 4. The zero-order valence-corrected chi connectivity index (χ0v) is 16.1. The second-order valence-electron chi connectivity index (χ2n) is 6.25. The lowest BCUT2D eigenvalue weighted by molar-refractivity contribution is 0.0993. The van der Waals surface area contributed by atoms with Gasteiger partial charge in [-0.1, -0.05) is 59.2 Å². The number of amidine groups is 1. The van der Waals surface area contributed by atoms with Crippen molar-refractivity contribution in [3.8, 4) is 0 Å². The molecule has 3 nitrogen and oxygen atoms in total. The summed E-state index contributed by atoms with van der Waals surface area (Å²) in [7, 11) is 0. The highest BCUT2D eigenvalue weighted by Gasteiger charge is 2.29. The molecule has 2 N–H and O–H groups in total. The third-order valence-electron chi connectivity index (χ3n) is 4.34. The Labute approximate surface area is 161 Å². The molecule has 0 bridgehead atoms. The van der Waals surface area contributed by atoms with Gasteiger partial charge in [0.2, 0.25) is 0 Å². The maximum Gasteiger partial charge on any atom is 0.168 e. The maximum absolute atomic E-state index is 12.6. The highest BCUT2D eigenvalue weighted by atomic mass is 35.5. The first-order valence-electron chi connectivity index (χ1n) is 7.93. The van der Waals surface area contributed by atoms with Gasteiger partial charge in [-0.15, -0.1) is 0 Å². The molecule has 0 saturated heterocycles. The summed E-state index contributed by atoms with van der Waals surface area (Å²) in [4.78, 5) is 17.2. The van der Waals surface area contributed by atoms with Crippen molar-refractivity contribution in [3.05, 3.63) is 69.2 Å². The minimum absolute atomic E-state index is 0.0359. The molecule has 0 spiro atoms. The Morgan fingerprint density at radius 1 is 1.28 bits per heavy atom. The van der Waals surface area contributed by atoms with E-state index >= 15 is 0 Å². The smallest absolute Gasteiger partial charge is 0.168 e. The van der Waals surface area contributed by atoms with Gasteiger partial charge in [0.25, 0.3) is 0 Å². The number of carbonyl (C=O) groups is 1. The second-order valence-corrected chi connectivity index (χ2v) is 8.21. The first kappa shape index (κ1) is 18.3. The molecular formula is C19H18Cl2N2OS. The SMILES string of the molecule is CC1(c2cccc(CC(=O)c3ccc(Cl)cc3Cl)c2)CCSC(N)=N1. The predicted molar refractivity (Wildman–Crippen MR) is 107 cm³/mol. The predicted octanol–water partition coefficient (Wildman–Crippen LogP) is 5.09. The molecule has 0 aromatic heterocycles. The van der Waals surface area contributed by atoms with E-state index in [9.17, 15) is 4.79 Å². The molecule has 1 aliphatic heterocycles. The van der Waals surface area contributed by atoms with Crippen molar-refractivity contribution >= 4 is 45.9 Å². The first-order chi connectivity index (χ1) is 11.9. The average molecular weight is 393 g/mol. The number of hydrogen-bond acceptors (Lipinski definition) is 4. The molecular weight excluding hydrogens is 375 g/mol. The fourth-order valence-electron chi connectivity index (χ4n) is 2.91. The molecule has 0 amide bonds. The summed E-state index contributed by atoms with van der Waals surface area (Å²) in [5.41, 5.74) is 8.05. The van der Waals surface area contributed by atoms with Gasteiger partial charge in [-0.05, 0) is 42.7 Å². The molecule has 0 aliphatic carbocycles. The monoisotopic (exact) mass is 392 g/mol. The Bertz CT molecular complexity index is 853. The summed E-state index contributed by atoms with van der Waals surface area (Å²) in [5.74, 6) is 0.904. The molecule has 1 atom stereocenters. The molecule has 1 unspecified atom stereocenters. The molecule has 1 heterocycles. The third-order valence-corrected chi connectivity index (χ3v) is 5.68. The van der Waals surface area contributed by atoms with Crippen LogP contribution in [0.2, 0.25) is 10.0 Å². The van der Waals surface area contributed by atoms with Crippen LogP contribution in [0.25, 0.3) is 0 Å². The van der Waals surface area contributed by atoms with Gasteiger partial charge < -0.3 is 5.73 Å². The van der Waals surface area contributed by atoms with E-state index in [0.717, 1.165) is 23.3 Å². The van der Waals surface area contributed by atoms with Crippen molar-refractivity contribution in [2.24, 2.45) is 10.7 Å². The zero-order chi connectivity index (χ0) is 18.0. The average Bonchev–Trinajstić information content (AvgIpc) is 2.54. The van der Waals surface area contributed by atoms with Gasteiger partial charge in [-0.3, -0.25) is 9.79 Å². The van der Waals surface area contributed by atoms with E-state index in [-0.39, 0.29) is 17.7 Å². The van der Waals surface area contributed by atoms with Gasteiger partial charge in [0, 0.05) is 22.8 Å². The van der Waals surface area contributed by atoms with Gasteiger partial charge in [-0.25, -0.2) is 0 Å². The summed E-state index contributed by atoms with van der Waals surface area (Å²) in [6.07, 6.45) is 1.19. The van der Waals surface area contributed by atoms with Gasteiger partial charge in [0.05, 0.1) is 10.6 Å². The number of benzene rings is 2. The lowest BCUT2D eigenvalue weighted by Crippen LogP contribution is -2.28. The van der Waals surface area contributed by atoms with Crippen LogP contribution >= 0.6 is 35.0 Å². The maximum atomic E-state index is 12.6. The quantitative estimate of drug-likeness (QED) is 0.737. The Morgan fingerprint density at radius 2 is 2.08 bits per heavy atom. The minimum Gasteiger partial charge on any atom is -0.379 e. The third kappa shape index (κ3) is 4.20. The number of halogens is 2. The number of aliphatic imine (C=N–C) groups is 1. The highest BCUT2D eigenvalue weighted by Crippen LogP contribution is 2.35. The Hall–Kier alpha value is -1.49. The van der Waals surface area contributed by atoms with Crippen LogP contribution in [0.5, 0.6) is 0 Å². The number of nitrogens with two attached hydrogens (primary N) is 1. The minimum atomic E-state index is -0.341. The number of hydrogen-bond donors (Lipinski definition) is 1. The number of thioether (sulfide) groups is 1. The summed E-state index contributed by atoms with van der Waals surface area (Å²) in [6.45, 7) is 2.08. The number of ketones is 1. The fourth-order valence-corrected chi connectivity index (χ4v) is 4.40. The van der Waals surface area contributed by atoms with Crippen molar-refractivity contribution in [2.75, 3.05) is 5.75 Å². The molecule has 0 radical (unpaired) electrons. The van der Waals surface area contributed by atoms with Crippen LogP contribution < -0.4 is 5.73 Å². The molecule has 2 aromatic carbocycles. The van der Waals surface area contributed by atoms with Crippen LogP contribution in [0.1, 0.15) is 34.8 Å². The molecule has 0 saturated carbocycles. The lowest BCUT2D eigenvalue weighted by Gasteiger charge is -2.30. The molecule has 130 valence electrons. The van der Waals surface area contributed by atoms with Crippen LogP contribution in [0.3, 0.4) is 0 Å². The lowest BCUT2D eigenvalue weighted by atomic mass is 9.88. The van der Waals surface area contributed by atoms with Crippen LogP contribution in [-0.2, 0) is 12.0 Å². The van der Waals surface area contributed by atoms with E-state index < -0.39 is 0 Å². The highest BCUT2D eigenvalue weighted by molar-refractivity contribution is 8.13. The van der Waals surface area contributed by atoms with Crippen LogP contribution in [0.4, 0.5) is 0 Å².